The largest absolute Gasteiger partial charge is 0.382 e. The van der Waals surface area contributed by atoms with Crippen LogP contribution in [0, 0.1) is 0 Å². The van der Waals surface area contributed by atoms with E-state index in [4.69, 9.17) is 11.6 Å². The summed E-state index contributed by atoms with van der Waals surface area (Å²) in [6, 6.07) is 13.2. The predicted molar refractivity (Wildman–Crippen MR) is 106 cm³/mol. The number of nitrogens with zero attached hydrogens (tertiary/aromatic N) is 2. The number of hydrogen-bond donors (Lipinski definition) is 3. The number of likely N-dealkylation sites (tertiary alicyclic amines) is 1. The number of nitrogens with one attached hydrogen (secondary N) is 2. The van der Waals surface area contributed by atoms with Gasteiger partial charge in [-0.05, 0) is 48.7 Å². The minimum absolute atomic E-state index is 0.268. The van der Waals surface area contributed by atoms with Crippen molar-refractivity contribution in [1.29, 1.82) is 0 Å². The van der Waals surface area contributed by atoms with Crippen molar-refractivity contribution in [3.63, 3.8) is 0 Å². The summed E-state index contributed by atoms with van der Waals surface area (Å²) in [7, 11) is 0. The van der Waals surface area contributed by atoms with Crippen molar-refractivity contribution in [3.8, 4) is 0 Å². The van der Waals surface area contributed by atoms with Crippen LogP contribution in [0.5, 0.6) is 0 Å². The summed E-state index contributed by atoms with van der Waals surface area (Å²) in [5.41, 5.74) is 2.59. The number of amides is 1. The number of benzene rings is 2. The third kappa shape index (κ3) is 3.91. The van der Waals surface area contributed by atoms with Crippen molar-refractivity contribution in [2.24, 2.45) is 0 Å². The SMILES string of the molecule is O=C([C@H](O)c1cccc(Cl)c1)N1CCC(Nc2ccc3[nH]ncc3c2)CC1. The number of aromatic amines is 1. The van der Waals surface area contributed by atoms with Gasteiger partial charge in [-0.25, -0.2) is 0 Å². The summed E-state index contributed by atoms with van der Waals surface area (Å²) in [4.78, 5) is 14.3. The summed E-state index contributed by atoms with van der Waals surface area (Å²) in [5.74, 6) is -0.268. The Morgan fingerprint density at radius 3 is 2.85 bits per heavy atom. The maximum absolute atomic E-state index is 12.6. The molecular weight excluding hydrogens is 364 g/mol. The maximum atomic E-state index is 12.6. The first-order valence-electron chi connectivity index (χ1n) is 9.02. The number of anilines is 1. The molecule has 1 amide bonds. The fourth-order valence-electron chi connectivity index (χ4n) is 3.50. The van der Waals surface area contributed by atoms with Crippen molar-refractivity contribution in [2.75, 3.05) is 18.4 Å². The first-order valence-corrected chi connectivity index (χ1v) is 9.40. The zero-order valence-corrected chi connectivity index (χ0v) is 15.5. The minimum atomic E-state index is -1.17. The van der Waals surface area contributed by atoms with Gasteiger partial charge in [0.2, 0.25) is 0 Å². The summed E-state index contributed by atoms with van der Waals surface area (Å²) >= 11 is 5.95. The molecule has 27 heavy (non-hydrogen) atoms. The molecule has 7 heteroatoms. The molecule has 3 aromatic rings. The van der Waals surface area contributed by atoms with Crippen LogP contribution in [0.3, 0.4) is 0 Å². The highest BCUT2D eigenvalue weighted by Gasteiger charge is 2.28. The highest BCUT2D eigenvalue weighted by molar-refractivity contribution is 6.30. The Morgan fingerprint density at radius 2 is 2.07 bits per heavy atom. The second-order valence-electron chi connectivity index (χ2n) is 6.87. The first-order chi connectivity index (χ1) is 13.1. The third-order valence-electron chi connectivity index (χ3n) is 5.02. The molecule has 1 fully saturated rings. The number of hydrogen-bond acceptors (Lipinski definition) is 4. The highest BCUT2D eigenvalue weighted by atomic mass is 35.5. The Bertz CT molecular complexity index is 950. The van der Waals surface area contributed by atoms with Crippen molar-refractivity contribution >= 4 is 34.1 Å². The van der Waals surface area contributed by atoms with Crippen LogP contribution in [0.15, 0.2) is 48.7 Å². The van der Waals surface area contributed by atoms with Gasteiger partial charge in [0.1, 0.15) is 0 Å². The van der Waals surface area contributed by atoms with Gasteiger partial charge >= 0.3 is 0 Å². The average Bonchev–Trinajstić information content (AvgIpc) is 3.15. The molecule has 1 atom stereocenters. The highest BCUT2D eigenvalue weighted by Crippen LogP contribution is 2.24. The van der Waals surface area contributed by atoms with Crippen LogP contribution in [0.25, 0.3) is 10.9 Å². The fourth-order valence-corrected chi connectivity index (χ4v) is 3.70. The van der Waals surface area contributed by atoms with Crippen molar-refractivity contribution in [3.05, 3.63) is 59.2 Å². The van der Waals surface area contributed by atoms with E-state index in [1.165, 1.54) is 0 Å². The summed E-state index contributed by atoms with van der Waals surface area (Å²) in [6.07, 6.45) is 2.30. The number of rotatable bonds is 4. The molecule has 1 aliphatic rings. The average molecular weight is 385 g/mol. The standard InChI is InChI=1S/C20H21ClN4O2/c21-15-3-1-2-13(10-15)19(26)20(27)25-8-6-16(7-9-25)23-17-4-5-18-14(11-17)12-22-24-18/h1-5,10-12,16,19,23,26H,6-9H2,(H,22,24)/t19-/m1/s1. The monoisotopic (exact) mass is 384 g/mol. The lowest BCUT2D eigenvalue weighted by Gasteiger charge is -2.34. The van der Waals surface area contributed by atoms with E-state index in [0.717, 1.165) is 29.4 Å². The Labute approximate surface area is 162 Å². The van der Waals surface area contributed by atoms with Gasteiger partial charge in [0.25, 0.3) is 5.91 Å². The van der Waals surface area contributed by atoms with E-state index >= 15 is 0 Å². The van der Waals surface area contributed by atoms with Crippen LogP contribution in [0.1, 0.15) is 24.5 Å². The Hall–Kier alpha value is -2.57. The molecular formula is C20H21ClN4O2. The van der Waals surface area contributed by atoms with E-state index < -0.39 is 6.10 Å². The number of aromatic nitrogens is 2. The lowest BCUT2D eigenvalue weighted by atomic mass is 10.0. The third-order valence-corrected chi connectivity index (χ3v) is 5.25. The van der Waals surface area contributed by atoms with Crippen LogP contribution in [0.4, 0.5) is 5.69 Å². The molecule has 1 aliphatic heterocycles. The van der Waals surface area contributed by atoms with Crippen LogP contribution >= 0.6 is 11.6 Å². The predicted octanol–water partition coefficient (Wildman–Crippen LogP) is 3.35. The molecule has 0 spiro atoms. The molecule has 0 aliphatic carbocycles. The summed E-state index contributed by atoms with van der Waals surface area (Å²) in [6.45, 7) is 1.23. The number of carbonyl (C=O) groups excluding carboxylic acids is 1. The molecule has 1 aromatic heterocycles. The molecule has 0 bridgehead atoms. The number of fused-ring (bicyclic) bond motifs is 1. The minimum Gasteiger partial charge on any atom is -0.382 e. The fraction of sp³-hybridized carbons (Fsp3) is 0.300. The van der Waals surface area contributed by atoms with E-state index in [1.807, 2.05) is 12.1 Å². The number of piperidine rings is 1. The maximum Gasteiger partial charge on any atom is 0.256 e. The first kappa shape index (κ1) is 17.8. The van der Waals surface area contributed by atoms with Gasteiger partial charge in [0, 0.05) is 35.2 Å². The molecule has 3 N–H and O–H groups in total. The molecule has 0 unspecified atom stereocenters. The van der Waals surface area contributed by atoms with Crippen LogP contribution < -0.4 is 5.32 Å². The molecule has 140 valence electrons. The Morgan fingerprint density at radius 1 is 1.26 bits per heavy atom. The second-order valence-corrected chi connectivity index (χ2v) is 7.31. The molecule has 2 aromatic carbocycles. The zero-order valence-electron chi connectivity index (χ0n) is 14.7. The van der Waals surface area contributed by atoms with E-state index in [1.54, 1.807) is 35.4 Å². The molecule has 6 nitrogen and oxygen atoms in total. The smallest absolute Gasteiger partial charge is 0.256 e. The van der Waals surface area contributed by atoms with Gasteiger partial charge < -0.3 is 15.3 Å². The van der Waals surface area contributed by atoms with E-state index in [0.29, 0.717) is 29.7 Å². The van der Waals surface area contributed by atoms with Gasteiger partial charge in [-0.2, -0.15) is 5.10 Å². The van der Waals surface area contributed by atoms with Crippen molar-refractivity contribution in [2.45, 2.75) is 25.0 Å². The van der Waals surface area contributed by atoms with Crippen LogP contribution in [0.2, 0.25) is 5.02 Å². The Kier molecular flexibility index (Phi) is 5.01. The van der Waals surface area contributed by atoms with Gasteiger partial charge in [0.15, 0.2) is 6.10 Å². The number of aliphatic hydroxyl groups is 1. The van der Waals surface area contributed by atoms with Gasteiger partial charge in [0.05, 0.1) is 11.7 Å². The number of carbonyl (C=O) groups is 1. The zero-order chi connectivity index (χ0) is 18.8. The number of halogens is 1. The number of H-pyrrole nitrogens is 1. The van der Waals surface area contributed by atoms with Gasteiger partial charge in [-0.3, -0.25) is 9.89 Å². The molecule has 0 saturated carbocycles. The van der Waals surface area contributed by atoms with E-state index in [9.17, 15) is 9.90 Å². The van der Waals surface area contributed by atoms with Crippen LogP contribution in [-0.2, 0) is 4.79 Å². The topological polar surface area (TPSA) is 81.2 Å². The second kappa shape index (κ2) is 7.58. The lowest BCUT2D eigenvalue weighted by molar-refractivity contribution is -0.141. The van der Waals surface area contributed by atoms with Gasteiger partial charge in [-0.1, -0.05) is 23.7 Å². The molecule has 4 rings (SSSR count). The summed E-state index contributed by atoms with van der Waals surface area (Å²) in [5, 5.41) is 22.5. The quantitative estimate of drug-likeness (QED) is 0.644. The normalized spacial score (nSPS) is 16.4. The van der Waals surface area contributed by atoms with Gasteiger partial charge in [-0.15, -0.1) is 0 Å². The van der Waals surface area contributed by atoms with E-state index in [-0.39, 0.29) is 5.91 Å². The van der Waals surface area contributed by atoms with Crippen molar-refractivity contribution < 1.29 is 9.90 Å². The number of aliphatic hydroxyl groups excluding tert-OH is 1. The lowest BCUT2D eigenvalue weighted by Crippen LogP contribution is -2.44. The molecule has 2 heterocycles. The summed E-state index contributed by atoms with van der Waals surface area (Å²) < 4.78 is 0. The Balaban J connectivity index is 1.34. The molecule has 0 radical (unpaired) electrons. The van der Waals surface area contributed by atoms with Crippen molar-refractivity contribution in [1.82, 2.24) is 15.1 Å². The van der Waals surface area contributed by atoms with Crippen LogP contribution in [-0.4, -0.2) is 45.2 Å². The van der Waals surface area contributed by atoms with E-state index in [2.05, 4.69) is 21.6 Å². The molecule has 1 saturated heterocycles.